The van der Waals surface area contributed by atoms with E-state index in [1.165, 1.54) is 11.8 Å². The minimum Gasteiger partial charge on any atom is -0.508 e. The molecular formula is C24H21ClN4O2S. The van der Waals surface area contributed by atoms with Crippen LogP contribution in [0.3, 0.4) is 0 Å². The predicted octanol–water partition coefficient (Wildman–Crippen LogP) is 5.64. The molecule has 1 heterocycles. The van der Waals surface area contributed by atoms with E-state index in [1.807, 2.05) is 42.7 Å². The molecule has 8 heteroatoms. The maximum Gasteiger partial charge on any atom is 0.234 e. The van der Waals surface area contributed by atoms with E-state index in [0.29, 0.717) is 21.7 Å². The number of aromatic hydroxyl groups is 1. The van der Waals surface area contributed by atoms with Crippen molar-refractivity contribution in [3.63, 3.8) is 0 Å². The van der Waals surface area contributed by atoms with E-state index in [9.17, 15) is 9.90 Å². The number of carbonyl (C=O) groups excluding carboxylic acids is 1. The molecule has 3 aromatic carbocycles. The number of hydrogen-bond acceptors (Lipinski definition) is 5. The second-order valence-electron chi connectivity index (χ2n) is 7.30. The lowest BCUT2D eigenvalue weighted by atomic mass is 10.1. The summed E-state index contributed by atoms with van der Waals surface area (Å²) < 4.78 is 1.94. The molecule has 0 atom stereocenters. The number of amides is 1. The first kappa shape index (κ1) is 21.9. The number of anilines is 1. The summed E-state index contributed by atoms with van der Waals surface area (Å²) in [5.74, 6) is 0.761. The summed E-state index contributed by atoms with van der Waals surface area (Å²) in [5, 5.41) is 22.3. The third kappa shape index (κ3) is 4.79. The number of benzene rings is 3. The summed E-state index contributed by atoms with van der Waals surface area (Å²) >= 11 is 7.43. The second kappa shape index (κ2) is 9.46. The molecule has 0 aliphatic carbocycles. The van der Waals surface area contributed by atoms with Gasteiger partial charge in [-0.2, -0.15) is 0 Å². The highest BCUT2D eigenvalue weighted by Crippen LogP contribution is 2.31. The molecule has 4 rings (SSSR count). The molecule has 0 saturated heterocycles. The Morgan fingerprint density at radius 2 is 1.81 bits per heavy atom. The van der Waals surface area contributed by atoms with Crippen molar-refractivity contribution in [3.05, 3.63) is 82.9 Å². The van der Waals surface area contributed by atoms with Gasteiger partial charge in [0.05, 0.1) is 22.2 Å². The monoisotopic (exact) mass is 464 g/mol. The fourth-order valence-corrected chi connectivity index (χ4v) is 4.24. The van der Waals surface area contributed by atoms with Gasteiger partial charge in [0.1, 0.15) is 5.75 Å². The van der Waals surface area contributed by atoms with Crippen molar-refractivity contribution in [2.75, 3.05) is 11.1 Å². The smallest absolute Gasteiger partial charge is 0.234 e. The van der Waals surface area contributed by atoms with Crippen LogP contribution in [0.4, 0.5) is 5.69 Å². The van der Waals surface area contributed by atoms with Crippen LogP contribution in [0.5, 0.6) is 5.75 Å². The zero-order valence-corrected chi connectivity index (χ0v) is 19.1. The van der Waals surface area contributed by atoms with Gasteiger partial charge in [-0.3, -0.25) is 9.36 Å². The molecule has 4 aromatic rings. The van der Waals surface area contributed by atoms with Gasteiger partial charge in [-0.15, -0.1) is 10.2 Å². The summed E-state index contributed by atoms with van der Waals surface area (Å²) in [5.41, 5.74) is 4.52. The molecule has 2 N–H and O–H groups in total. The van der Waals surface area contributed by atoms with E-state index in [1.54, 1.807) is 36.4 Å². The van der Waals surface area contributed by atoms with Crippen LogP contribution in [0.25, 0.3) is 17.1 Å². The summed E-state index contributed by atoms with van der Waals surface area (Å²) in [6.45, 7) is 4.07. The number of halogens is 1. The highest BCUT2D eigenvalue weighted by molar-refractivity contribution is 7.99. The summed E-state index contributed by atoms with van der Waals surface area (Å²) in [6.07, 6.45) is 0. The number of aromatic nitrogens is 3. The predicted molar refractivity (Wildman–Crippen MR) is 129 cm³/mol. The first-order valence-corrected chi connectivity index (χ1v) is 11.3. The van der Waals surface area contributed by atoms with Crippen LogP contribution >= 0.6 is 23.4 Å². The first-order chi connectivity index (χ1) is 15.4. The molecule has 0 spiro atoms. The largest absolute Gasteiger partial charge is 0.508 e. The Hall–Kier alpha value is -3.29. The number of thioether (sulfide) groups is 1. The number of phenols is 1. The van der Waals surface area contributed by atoms with Crippen LogP contribution in [0.1, 0.15) is 11.1 Å². The molecule has 1 amide bonds. The molecule has 0 fully saturated rings. The molecule has 1 aromatic heterocycles. The average molecular weight is 465 g/mol. The zero-order chi connectivity index (χ0) is 22.7. The summed E-state index contributed by atoms with van der Waals surface area (Å²) in [6, 6.07) is 20.1. The lowest BCUT2D eigenvalue weighted by Crippen LogP contribution is -2.15. The van der Waals surface area contributed by atoms with Gasteiger partial charge >= 0.3 is 0 Å². The van der Waals surface area contributed by atoms with E-state index in [0.717, 1.165) is 22.4 Å². The zero-order valence-electron chi connectivity index (χ0n) is 17.5. The van der Waals surface area contributed by atoms with Crippen molar-refractivity contribution in [2.24, 2.45) is 0 Å². The van der Waals surface area contributed by atoms with Crippen LogP contribution < -0.4 is 5.32 Å². The van der Waals surface area contributed by atoms with Crippen LogP contribution in [-0.2, 0) is 4.79 Å². The maximum atomic E-state index is 12.5. The number of hydrogen-bond donors (Lipinski definition) is 2. The second-order valence-corrected chi connectivity index (χ2v) is 8.64. The quantitative estimate of drug-likeness (QED) is 0.361. The fraction of sp³-hybridized carbons (Fsp3) is 0.125. The average Bonchev–Trinajstić information content (AvgIpc) is 3.18. The van der Waals surface area contributed by atoms with E-state index in [-0.39, 0.29) is 17.4 Å². The number of nitrogens with zero attached hydrogens (tertiary/aromatic N) is 3. The standard InChI is InChI=1S/C24H21ClN4O2S/c1-15-7-12-21(16(2)13-15)29-23(17-8-10-18(30)11-9-17)27-28-24(29)32-14-22(31)26-20-6-4-3-5-19(20)25/h3-13,30H,14H2,1-2H3,(H,26,31). The van der Waals surface area contributed by atoms with Crippen LogP contribution in [0.2, 0.25) is 5.02 Å². The third-order valence-electron chi connectivity index (χ3n) is 4.83. The van der Waals surface area contributed by atoms with E-state index < -0.39 is 0 Å². The Bertz CT molecular complexity index is 1270. The van der Waals surface area contributed by atoms with Gasteiger partial charge in [0, 0.05) is 5.56 Å². The number of rotatable bonds is 6. The van der Waals surface area contributed by atoms with E-state index in [4.69, 9.17) is 11.6 Å². The molecule has 6 nitrogen and oxygen atoms in total. The maximum absolute atomic E-state index is 12.5. The lowest BCUT2D eigenvalue weighted by molar-refractivity contribution is -0.113. The highest BCUT2D eigenvalue weighted by Gasteiger charge is 2.19. The van der Waals surface area contributed by atoms with E-state index >= 15 is 0 Å². The number of phenolic OH excluding ortho intramolecular Hbond substituents is 1. The van der Waals surface area contributed by atoms with Crippen molar-refractivity contribution in [1.29, 1.82) is 0 Å². The van der Waals surface area contributed by atoms with Crippen LogP contribution in [0, 0.1) is 13.8 Å². The number of para-hydroxylation sites is 1. The Morgan fingerprint density at radius 1 is 1.06 bits per heavy atom. The van der Waals surface area contributed by atoms with Crippen LogP contribution in [-0.4, -0.2) is 31.5 Å². The molecular weight excluding hydrogens is 444 g/mol. The Kier molecular flexibility index (Phi) is 6.48. The van der Waals surface area contributed by atoms with Gasteiger partial charge in [0.15, 0.2) is 11.0 Å². The van der Waals surface area contributed by atoms with Crippen molar-refractivity contribution < 1.29 is 9.90 Å². The van der Waals surface area contributed by atoms with Crippen molar-refractivity contribution in [1.82, 2.24) is 14.8 Å². The van der Waals surface area contributed by atoms with Gasteiger partial charge < -0.3 is 10.4 Å². The first-order valence-electron chi connectivity index (χ1n) is 9.92. The van der Waals surface area contributed by atoms with Crippen molar-refractivity contribution >= 4 is 35.0 Å². The number of nitrogens with one attached hydrogen (secondary N) is 1. The number of aryl methyl sites for hydroxylation is 2. The summed E-state index contributed by atoms with van der Waals surface area (Å²) in [4.78, 5) is 12.5. The summed E-state index contributed by atoms with van der Waals surface area (Å²) in [7, 11) is 0. The minimum absolute atomic E-state index is 0.143. The molecule has 0 aliphatic rings. The van der Waals surface area contributed by atoms with Crippen molar-refractivity contribution in [2.45, 2.75) is 19.0 Å². The van der Waals surface area contributed by atoms with E-state index in [2.05, 4.69) is 21.6 Å². The molecule has 0 radical (unpaired) electrons. The SMILES string of the molecule is Cc1ccc(-n2c(SCC(=O)Nc3ccccc3Cl)nnc2-c2ccc(O)cc2)c(C)c1. The third-order valence-corrected chi connectivity index (χ3v) is 6.09. The van der Waals surface area contributed by atoms with Gasteiger partial charge in [0.2, 0.25) is 5.91 Å². The molecule has 0 aliphatic heterocycles. The molecule has 162 valence electrons. The Balaban J connectivity index is 1.65. The highest BCUT2D eigenvalue weighted by atomic mass is 35.5. The Labute approximate surface area is 195 Å². The molecule has 0 saturated carbocycles. The molecule has 0 bridgehead atoms. The van der Waals surface area contributed by atoms with Gasteiger partial charge in [-0.05, 0) is 61.9 Å². The molecule has 32 heavy (non-hydrogen) atoms. The Morgan fingerprint density at radius 3 is 2.53 bits per heavy atom. The molecule has 0 unspecified atom stereocenters. The van der Waals surface area contributed by atoms with Crippen molar-refractivity contribution in [3.8, 4) is 22.8 Å². The normalized spacial score (nSPS) is 10.8. The topological polar surface area (TPSA) is 80.0 Å². The fourth-order valence-electron chi connectivity index (χ4n) is 3.31. The minimum atomic E-state index is -0.190. The lowest BCUT2D eigenvalue weighted by Gasteiger charge is -2.14. The van der Waals surface area contributed by atoms with Gasteiger partial charge in [-0.1, -0.05) is 53.2 Å². The van der Waals surface area contributed by atoms with Gasteiger partial charge in [0.25, 0.3) is 0 Å². The van der Waals surface area contributed by atoms with Gasteiger partial charge in [-0.25, -0.2) is 0 Å². The number of carbonyl (C=O) groups is 1. The van der Waals surface area contributed by atoms with Crippen LogP contribution in [0.15, 0.2) is 71.9 Å².